The third kappa shape index (κ3) is 4.97. The second-order valence-electron chi connectivity index (χ2n) is 9.59. The number of carboxylic acids is 1. The molecule has 2 aromatic rings. The van der Waals surface area contributed by atoms with Gasteiger partial charge in [-0.1, -0.05) is 18.2 Å². The zero-order valence-corrected chi connectivity index (χ0v) is 20.3. The molecule has 1 saturated heterocycles. The predicted molar refractivity (Wildman–Crippen MR) is 134 cm³/mol. The Morgan fingerprint density at radius 3 is 2.43 bits per heavy atom. The summed E-state index contributed by atoms with van der Waals surface area (Å²) in [6, 6.07) is 13.1. The first-order valence-electron chi connectivity index (χ1n) is 12.2. The molecule has 1 saturated carbocycles. The summed E-state index contributed by atoms with van der Waals surface area (Å²) in [6.45, 7) is 2.47. The van der Waals surface area contributed by atoms with Crippen LogP contribution in [0.25, 0.3) is 0 Å². The molecule has 2 fully saturated rings. The van der Waals surface area contributed by atoms with Crippen LogP contribution in [0, 0.1) is 12.8 Å². The number of nitrogens with zero attached hydrogens (tertiary/aromatic N) is 1. The molecule has 2 aliphatic rings. The number of aryl methyl sites for hydroxylation is 1. The topological polar surface area (TPSA) is 108 Å². The first kappa shape index (κ1) is 24.6. The Morgan fingerprint density at radius 2 is 1.80 bits per heavy atom. The van der Waals surface area contributed by atoms with Crippen LogP contribution in [0.1, 0.15) is 55.6 Å². The molecular weight excluding hydrogens is 446 g/mol. The van der Waals surface area contributed by atoms with Crippen molar-refractivity contribution >= 4 is 29.8 Å². The summed E-state index contributed by atoms with van der Waals surface area (Å²) in [7, 11) is 1.56. The Morgan fingerprint density at radius 1 is 1.09 bits per heavy atom. The Balaban J connectivity index is 1.35. The molecule has 186 valence electrons. The number of anilines is 2. The molecule has 4 rings (SSSR count). The average molecular weight is 480 g/mol. The minimum absolute atomic E-state index is 0.0211. The van der Waals surface area contributed by atoms with Crippen LogP contribution in [0.3, 0.4) is 0 Å². The summed E-state index contributed by atoms with van der Waals surface area (Å²) in [5.74, 6) is 0.0348. The van der Waals surface area contributed by atoms with Gasteiger partial charge in [0.15, 0.2) is 0 Å². The van der Waals surface area contributed by atoms with Crippen LogP contribution in [-0.4, -0.2) is 47.6 Å². The Hall–Kier alpha value is -3.55. The zero-order valence-electron chi connectivity index (χ0n) is 20.3. The van der Waals surface area contributed by atoms with E-state index in [0.717, 1.165) is 37.7 Å². The first-order valence-corrected chi connectivity index (χ1v) is 12.2. The number of hydrogen-bond acceptors (Lipinski definition) is 4. The molecule has 1 aliphatic heterocycles. The molecule has 0 unspecified atom stereocenters. The number of nitrogens with one attached hydrogen (secondary N) is 2. The number of benzene rings is 2. The smallest absolute Gasteiger partial charge is 0.329 e. The molecule has 0 bridgehead atoms. The van der Waals surface area contributed by atoms with Gasteiger partial charge in [-0.3, -0.25) is 4.79 Å². The molecule has 0 spiro atoms. The van der Waals surface area contributed by atoms with Crippen LogP contribution in [0.2, 0.25) is 0 Å². The van der Waals surface area contributed by atoms with Crippen LogP contribution < -0.4 is 15.4 Å². The maximum Gasteiger partial charge on any atom is 0.329 e. The van der Waals surface area contributed by atoms with E-state index in [4.69, 9.17) is 4.74 Å². The number of methoxy groups -OCH3 is 1. The molecule has 1 atom stereocenters. The summed E-state index contributed by atoms with van der Waals surface area (Å²) in [4.78, 5) is 37.7. The fourth-order valence-corrected chi connectivity index (χ4v) is 5.80. The second-order valence-corrected chi connectivity index (χ2v) is 9.59. The van der Waals surface area contributed by atoms with Crippen molar-refractivity contribution in [2.45, 2.75) is 56.9 Å². The molecule has 1 heterocycles. The Kier molecular flexibility index (Phi) is 7.28. The first-order chi connectivity index (χ1) is 16.9. The van der Waals surface area contributed by atoms with Gasteiger partial charge in [0.2, 0.25) is 6.41 Å². The van der Waals surface area contributed by atoms with Crippen LogP contribution in [0.4, 0.5) is 16.2 Å². The number of aliphatic carboxylic acids is 1. The molecule has 0 aromatic heterocycles. The van der Waals surface area contributed by atoms with Crippen molar-refractivity contribution in [1.82, 2.24) is 4.90 Å². The molecule has 2 aromatic carbocycles. The number of hydrogen-bond donors (Lipinski definition) is 3. The van der Waals surface area contributed by atoms with Crippen LogP contribution in [0.5, 0.6) is 5.75 Å². The number of amides is 3. The Labute approximate surface area is 205 Å². The number of rotatable bonds is 7. The molecule has 3 amide bonds. The van der Waals surface area contributed by atoms with Crippen molar-refractivity contribution in [2.75, 3.05) is 24.3 Å². The van der Waals surface area contributed by atoms with Crippen molar-refractivity contribution in [2.24, 2.45) is 5.92 Å². The van der Waals surface area contributed by atoms with Crippen molar-refractivity contribution in [3.63, 3.8) is 0 Å². The van der Waals surface area contributed by atoms with E-state index in [-0.39, 0.29) is 11.9 Å². The van der Waals surface area contributed by atoms with E-state index >= 15 is 0 Å². The van der Waals surface area contributed by atoms with E-state index in [0.29, 0.717) is 42.4 Å². The quantitative estimate of drug-likeness (QED) is 0.485. The standard InChI is InChI=1S/C27H33N3O5/c1-18-4-13-24(35-2)23(16-18)29-26(34)28-22-11-7-20(8-12-22)19-5-9-21(10-6-19)27(25(32)33)14-3-15-30(27)17-31/h4,7-8,11-13,16-17,19,21H,3,5-6,9-10,14-15H2,1-2H3,(H,32,33)(H2,28,29,34)/t19?,21?,27-/m1/s1. The van der Waals surface area contributed by atoms with E-state index in [1.807, 2.05) is 49.4 Å². The van der Waals surface area contributed by atoms with Crippen LogP contribution >= 0.6 is 0 Å². The molecule has 1 aliphatic carbocycles. The molecule has 8 heteroatoms. The molecule has 3 N–H and O–H groups in total. The summed E-state index contributed by atoms with van der Waals surface area (Å²) in [5, 5.41) is 15.7. The maximum absolute atomic E-state index is 12.5. The molecule has 8 nitrogen and oxygen atoms in total. The highest BCUT2D eigenvalue weighted by Crippen LogP contribution is 2.46. The highest BCUT2D eigenvalue weighted by molar-refractivity contribution is 6.00. The van der Waals surface area contributed by atoms with Gasteiger partial charge < -0.3 is 25.4 Å². The maximum atomic E-state index is 12.5. The average Bonchev–Trinajstić information content (AvgIpc) is 3.30. The van der Waals surface area contributed by atoms with Crippen molar-refractivity contribution < 1.29 is 24.2 Å². The lowest BCUT2D eigenvalue weighted by atomic mass is 9.69. The normalized spacial score (nSPS) is 24.0. The lowest BCUT2D eigenvalue weighted by Gasteiger charge is -2.42. The number of carbonyl (C=O) groups excluding carboxylic acids is 2. The summed E-state index contributed by atoms with van der Waals surface area (Å²) in [6.07, 6.45) is 5.31. The molecule has 35 heavy (non-hydrogen) atoms. The third-order valence-electron chi connectivity index (χ3n) is 7.61. The number of likely N-dealkylation sites (tertiary alicyclic amines) is 1. The van der Waals surface area contributed by atoms with Gasteiger partial charge in [0.1, 0.15) is 11.3 Å². The van der Waals surface area contributed by atoms with E-state index in [2.05, 4.69) is 10.6 Å². The van der Waals surface area contributed by atoms with Crippen molar-refractivity contribution in [3.05, 3.63) is 53.6 Å². The monoisotopic (exact) mass is 479 g/mol. The molecular formula is C27H33N3O5. The van der Waals surface area contributed by atoms with Crippen LogP contribution in [0.15, 0.2) is 42.5 Å². The highest BCUT2D eigenvalue weighted by Gasteiger charge is 2.53. The van der Waals surface area contributed by atoms with E-state index < -0.39 is 11.5 Å². The second kappa shape index (κ2) is 10.4. The van der Waals surface area contributed by atoms with Crippen molar-refractivity contribution in [1.29, 1.82) is 0 Å². The van der Waals surface area contributed by atoms with Gasteiger partial charge in [-0.15, -0.1) is 0 Å². The third-order valence-corrected chi connectivity index (χ3v) is 7.61. The number of carbonyl (C=O) groups is 3. The van der Waals surface area contributed by atoms with Gasteiger partial charge in [0, 0.05) is 12.2 Å². The Bertz CT molecular complexity index is 1080. The molecule has 0 radical (unpaired) electrons. The summed E-state index contributed by atoms with van der Waals surface area (Å²) >= 11 is 0. The van der Waals surface area contributed by atoms with Gasteiger partial charge in [-0.2, -0.15) is 0 Å². The fourth-order valence-electron chi connectivity index (χ4n) is 5.80. The SMILES string of the molecule is COc1ccc(C)cc1NC(=O)Nc1ccc(C2CCC([C@@]3(C(=O)O)CCCN3C=O)CC2)cc1. The number of carboxylic acid groups (broad SMARTS) is 1. The van der Waals surface area contributed by atoms with Gasteiger partial charge in [0.05, 0.1) is 12.8 Å². The van der Waals surface area contributed by atoms with Gasteiger partial charge in [-0.05, 0) is 92.7 Å². The van der Waals surface area contributed by atoms with E-state index in [1.165, 1.54) is 10.5 Å². The van der Waals surface area contributed by atoms with Gasteiger partial charge in [0.25, 0.3) is 0 Å². The van der Waals surface area contributed by atoms with Gasteiger partial charge >= 0.3 is 12.0 Å². The van der Waals surface area contributed by atoms with Gasteiger partial charge in [-0.25, -0.2) is 9.59 Å². The summed E-state index contributed by atoms with van der Waals surface area (Å²) < 4.78 is 5.31. The minimum Gasteiger partial charge on any atom is -0.495 e. The largest absolute Gasteiger partial charge is 0.495 e. The zero-order chi connectivity index (χ0) is 25.0. The fraction of sp³-hybridized carbons (Fsp3) is 0.444. The number of urea groups is 1. The lowest BCUT2D eigenvalue weighted by molar-refractivity contribution is -0.157. The minimum atomic E-state index is -1.05. The number of ether oxygens (including phenoxy) is 1. The predicted octanol–water partition coefficient (Wildman–Crippen LogP) is 5.00. The van der Waals surface area contributed by atoms with Crippen molar-refractivity contribution in [3.8, 4) is 5.75 Å². The van der Waals surface area contributed by atoms with E-state index in [9.17, 15) is 19.5 Å². The highest BCUT2D eigenvalue weighted by atomic mass is 16.5. The van der Waals surface area contributed by atoms with Crippen LogP contribution in [-0.2, 0) is 9.59 Å². The lowest BCUT2D eigenvalue weighted by Crippen LogP contribution is -2.56. The summed E-state index contributed by atoms with van der Waals surface area (Å²) in [5.41, 5.74) is 2.43. The van der Waals surface area contributed by atoms with E-state index in [1.54, 1.807) is 7.11 Å².